The average Bonchev–Trinajstić information content (AvgIpc) is 2.64. The van der Waals surface area contributed by atoms with E-state index in [-0.39, 0.29) is 9.77 Å². The van der Waals surface area contributed by atoms with Crippen molar-refractivity contribution in [2.24, 2.45) is 5.92 Å². The Bertz CT molecular complexity index is 490. The van der Waals surface area contributed by atoms with Crippen molar-refractivity contribution in [3.05, 3.63) is 17.0 Å². The van der Waals surface area contributed by atoms with E-state index >= 15 is 0 Å². The van der Waals surface area contributed by atoms with E-state index in [2.05, 4.69) is 0 Å². The van der Waals surface area contributed by atoms with Gasteiger partial charge < -0.3 is 4.74 Å². The number of carbonyl (C=O) groups excluding carboxylic acids is 1. The maximum absolute atomic E-state index is 11.5. The highest BCUT2D eigenvalue weighted by Crippen LogP contribution is 2.24. The van der Waals surface area contributed by atoms with Crippen molar-refractivity contribution in [1.29, 1.82) is 0 Å². The van der Waals surface area contributed by atoms with E-state index < -0.39 is 15.0 Å². The first-order chi connectivity index (χ1) is 7.80. The summed E-state index contributed by atoms with van der Waals surface area (Å²) < 4.78 is 26.9. The summed E-state index contributed by atoms with van der Waals surface area (Å²) in [5, 5.41) is 1.42. The van der Waals surface area contributed by atoms with Crippen molar-refractivity contribution in [3.63, 3.8) is 0 Å². The van der Waals surface area contributed by atoms with E-state index in [9.17, 15) is 13.2 Å². The lowest BCUT2D eigenvalue weighted by Gasteiger charge is -2.05. The van der Waals surface area contributed by atoms with Crippen LogP contribution in [-0.2, 0) is 13.8 Å². The van der Waals surface area contributed by atoms with Gasteiger partial charge in [-0.15, -0.1) is 11.3 Å². The van der Waals surface area contributed by atoms with Crippen LogP contribution in [0.1, 0.15) is 30.6 Å². The fourth-order valence-corrected chi connectivity index (χ4v) is 2.96. The monoisotopic (exact) mass is 296 g/mol. The van der Waals surface area contributed by atoms with Crippen molar-refractivity contribution >= 4 is 37.0 Å². The molecule has 96 valence electrons. The third kappa shape index (κ3) is 4.65. The molecule has 1 aromatic rings. The quantitative estimate of drug-likeness (QED) is 0.619. The van der Waals surface area contributed by atoms with Crippen molar-refractivity contribution in [1.82, 2.24) is 0 Å². The van der Waals surface area contributed by atoms with Gasteiger partial charge in [-0.25, -0.2) is 13.2 Å². The number of halogens is 1. The summed E-state index contributed by atoms with van der Waals surface area (Å²) >= 11 is 0.904. The third-order valence-corrected chi connectivity index (χ3v) is 5.02. The number of hydrogen-bond donors (Lipinski definition) is 0. The summed E-state index contributed by atoms with van der Waals surface area (Å²) in [6, 6.07) is 1.23. The molecule has 0 fully saturated rings. The maximum Gasteiger partial charge on any atom is 0.339 e. The molecular formula is C10H13ClO4S2. The van der Waals surface area contributed by atoms with E-state index in [4.69, 9.17) is 15.4 Å². The molecule has 0 aromatic carbocycles. The van der Waals surface area contributed by atoms with Crippen molar-refractivity contribution < 1.29 is 17.9 Å². The van der Waals surface area contributed by atoms with E-state index in [1.807, 2.05) is 13.8 Å². The second-order valence-electron chi connectivity index (χ2n) is 3.91. The summed E-state index contributed by atoms with van der Waals surface area (Å²) in [5.74, 6) is -0.0717. The number of ether oxygens (including phenoxy) is 1. The van der Waals surface area contributed by atoms with Gasteiger partial charge in [-0.3, -0.25) is 0 Å². The highest BCUT2D eigenvalue weighted by atomic mass is 35.7. The zero-order valence-electron chi connectivity index (χ0n) is 9.47. The van der Waals surface area contributed by atoms with Crippen LogP contribution in [0.25, 0.3) is 0 Å². The zero-order valence-corrected chi connectivity index (χ0v) is 11.9. The maximum atomic E-state index is 11.5. The van der Waals surface area contributed by atoms with Gasteiger partial charge in [-0.2, -0.15) is 0 Å². The highest BCUT2D eigenvalue weighted by molar-refractivity contribution is 8.15. The Kier molecular flexibility index (Phi) is 4.97. The summed E-state index contributed by atoms with van der Waals surface area (Å²) in [6.07, 6.45) is 0.774. The van der Waals surface area contributed by atoms with Crippen LogP contribution in [0.4, 0.5) is 0 Å². The molecule has 1 heterocycles. The van der Waals surface area contributed by atoms with E-state index in [0.717, 1.165) is 17.8 Å². The molecule has 0 aliphatic heterocycles. The lowest BCUT2D eigenvalue weighted by molar-refractivity contribution is 0.0488. The van der Waals surface area contributed by atoms with Gasteiger partial charge in [0.15, 0.2) is 0 Å². The van der Waals surface area contributed by atoms with Crippen molar-refractivity contribution in [2.45, 2.75) is 24.5 Å². The average molecular weight is 297 g/mol. The highest BCUT2D eigenvalue weighted by Gasteiger charge is 2.17. The van der Waals surface area contributed by atoms with Crippen molar-refractivity contribution in [3.8, 4) is 0 Å². The molecular weight excluding hydrogens is 284 g/mol. The molecule has 0 N–H and O–H groups in total. The molecule has 0 aliphatic carbocycles. The smallest absolute Gasteiger partial charge is 0.339 e. The molecule has 1 rings (SSSR count). The number of esters is 1. The van der Waals surface area contributed by atoms with E-state index in [1.165, 1.54) is 11.4 Å². The van der Waals surface area contributed by atoms with Crippen LogP contribution in [-0.4, -0.2) is 21.0 Å². The van der Waals surface area contributed by atoms with Crippen LogP contribution in [0.3, 0.4) is 0 Å². The molecule has 17 heavy (non-hydrogen) atoms. The van der Waals surface area contributed by atoms with Gasteiger partial charge in [0.2, 0.25) is 0 Å². The minimum Gasteiger partial charge on any atom is -0.462 e. The fraction of sp³-hybridized carbons (Fsp3) is 0.500. The normalized spacial score (nSPS) is 11.8. The molecule has 0 bridgehead atoms. The summed E-state index contributed by atoms with van der Waals surface area (Å²) in [4.78, 5) is 11.5. The van der Waals surface area contributed by atoms with Gasteiger partial charge >= 0.3 is 5.97 Å². The Morgan fingerprint density at radius 3 is 2.65 bits per heavy atom. The van der Waals surface area contributed by atoms with E-state index in [0.29, 0.717) is 12.5 Å². The molecule has 0 atom stereocenters. The second kappa shape index (κ2) is 5.84. The number of thiophene rings is 1. The minimum absolute atomic E-state index is 0.0463. The van der Waals surface area contributed by atoms with Gasteiger partial charge in [-0.1, -0.05) is 13.8 Å². The molecule has 0 saturated carbocycles. The van der Waals surface area contributed by atoms with Crippen LogP contribution in [0.5, 0.6) is 0 Å². The van der Waals surface area contributed by atoms with Crippen LogP contribution >= 0.6 is 22.0 Å². The van der Waals surface area contributed by atoms with Gasteiger partial charge in [0.05, 0.1) is 12.2 Å². The third-order valence-electron chi connectivity index (χ3n) is 1.98. The van der Waals surface area contributed by atoms with Crippen LogP contribution < -0.4 is 0 Å². The SMILES string of the molecule is CC(C)CCOC(=O)c1csc(S(=O)(=O)Cl)c1. The number of hydrogen-bond acceptors (Lipinski definition) is 5. The first kappa shape index (κ1) is 14.5. The van der Waals surface area contributed by atoms with Gasteiger partial charge in [0, 0.05) is 16.1 Å². The van der Waals surface area contributed by atoms with Crippen LogP contribution in [0.15, 0.2) is 15.7 Å². The zero-order chi connectivity index (χ0) is 13.1. The summed E-state index contributed by atoms with van der Waals surface area (Å²) in [5.41, 5.74) is 0.220. The largest absolute Gasteiger partial charge is 0.462 e. The molecule has 0 aliphatic rings. The second-order valence-corrected chi connectivity index (χ2v) is 7.61. The minimum atomic E-state index is -3.77. The lowest BCUT2D eigenvalue weighted by Crippen LogP contribution is -2.07. The van der Waals surface area contributed by atoms with Gasteiger partial charge in [0.25, 0.3) is 9.05 Å². The van der Waals surface area contributed by atoms with E-state index in [1.54, 1.807) is 0 Å². The Morgan fingerprint density at radius 1 is 1.53 bits per heavy atom. The summed E-state index contributed by atoms with van der Waals surface area (Å²) in [6.45, 7) is 4.38. The molecule has 0 unspecified atom stereocenters. The van der Waals surface area contributed by atoms with Gasteiger partial charge in [-0.05, 0) is 18.4 Å². The molecule has 0 amide bonds. The Hall–Kier alpha value is -0.590. The number of carbonyl (C=O) groups is 1. The predicted octanol–water partition coefficient (Wildman–Crippen LogP) is 2.88. The molecule has 0 saturated heterocycles. The lowest BCUT2D eigenvalue weighted by atomic mass is 10.1. The standard InChI is InChI=1S/C10H13ClO4S2/c1-7(2)3-4-15-10(12)8-5-9(16-6-8)17(11,13)14/h5-7H,3-4H2,1-2H3. The topological polar surface area (TPSA) is 60.4 Å². The first-order valence-electron chi connectivity index (χ1n) is 5.01. The Labute approximate surface area is 109 Å². The van der Waals surface area contributed by atoms with Crippen LogP contribution in [0.2, 0.25) is 0 Å². The molecule has 7 heteroatoms. The number of rotatable bonds is 5. The molecule has 4 nitrogen and oxygen atoms in total. The fourth-order valence-electron chi connectivity index (χ4n) is 1.02. The molecule has 0 radical (unpaired) electrons. The first-order valence-corrected chi connectivity index (χ1v) is 8.20. The van der Waals surface area contributed by atoms with Crippen molar-refractivity contribution in [2.75, 3.05) is 6.61 Å². The Morgan fingerprint density at radius 2 is 2.18 bits per heavy atom. The Balaban J connectivity index is 2.62. The molecule has 0 spiro atoms. The predicted molar refractivity (Wildman–Crippen MR) is 67.1 cm³/mol. The summed E-state index contributed by atoms with van der Waals surface area (Å²) in [7, 11) is 1.39. The van der Waals surface area contributed by atoms with Gasteiger partial charge in [0.1, 0.15) is 4.21 Å². The van der Waals surface area contributed by atoms with Crippen LogP contribution in [0, 0.1) is 5.92 Å². The molecule has 1 aromatic heterocycles.